The van der Waals surface area contributed by atoms with Gasteiger partial charge in [0.1, 0.15) is 6.04 Å². The quantitative estimate of drug-likeness (QED) is 0.654. The first kappa shape index (κ1) is 13.0. The van der Waals surface area contributed by atoms with Crippen LogP contribution in [-0.4, -0.2) is 14.8 Å². The Labute approximate surface area is 111 Å². The zero-order valence-electron chi connectivity index (χ0n) is 10.4. The van der Waals surface area contributed by atoms with E-state index in [0.717, 1.165) is 23.6 Å². The largest absolute Gasteiger partial charge is 0.270 e. The first-order chi connectivity index (χ1) is 8.67. The van der Waals surface area contributed by atoms with Crippen LogP contribution in [0.4, 0.5) is 0 Å². The van der Waals surface area contributed by atoms with E-state index in [9.17, 15) is 0 Å². The van der Waals surface area contributed by atoms with Gasteiger partial charge in [-0.15, -0.1) is 0 Å². The first-order valence-corrected chi connectivity index (χ1v) is 6.16. The highest BCUT2D eigenvalue weighted by atomic mass is 35.5. The summed E-state index contributed by atoms with van der Waals surface area (Å²) in [5, 5.41) is 4.80. The Morgan fingerprint density at radius 1 is 1.50 bits per heavy atom. The Morgan fingerprint density at radius 3 is 2.89 bits per heavy atom. The van der Waals surface area contributed by atoms with Gasteiger partial charge in [0.25, 0.3) is 0 Å². The number of hydrogen-bond acceptors (Lipinski definition) is 4. The van der Waals surface area contributed by atoms with E-state index in [-0.39, 0.29) is 6.04 Å². The van der Waals surface area contributed by atoms with Gasteiger partial charge in [-0.25, -0.2) is 5.43 Å². The smallest absolute Gasteiger partial charge is 0.106 e. The number of aryl methyl sites for hydroxylation is 2. The third-order valence-corrected chi connectivity index (χ3v) is 3.07. The molecule has 2 heterocycles. The van der Waals surface area contributed by atoms with Crippen molar-refractivity contribution in [2.24, 2.45) is 5.84 Å². The predicted octanol–water partition coefficient (Wildman–Crippen LogP) is 1.81. The molecule has 0 saturated carbocycles. The van der Waals surface area contributed by atoms with Gasteiger partial charge in [0.2, 0.25) is 0 Å². The van der Waals surface area contributed by atoms with Crippen molar-refractivity contribution in [1.29, 1.82) is 0 Å². The predicted molar refractivity (Wildman–Crippen MR) is 71.1 cm³/mol. The number of nitrogens with two attached hydrogens (primary N) is 1. The highest BCUT2D eigenvalue weighted by Crippen LogP contribution is 2.26. The van der Waals surface area contributed by atoms with Crippen LogP contribution >= 0.6 is 11.6 Å². The van der Waals surface area contributed by atoms with E-state index in [4.69, 9.17) is 17.4 Å². The summed E-state index contributed by atoms with van der Waals surface area (Å²) in [4.78, 5) is 4.47. The van der Waals surface area contributed by atoms with Crippen LogP contribution in [0.5, 0.6) is 0 Å². The lowest BCUT2D eigenvalue weighted by atomic mass is 10.1. The molecule has 18 heavy (non-hydrogen) atoms. The number of nitrogens with one attached hydrogen (secondary N) is 1. The average Bonchev–Trinajstić information content (AvgIpc) is 2.72. The molecule has 2 aromatic rings. The van der Waals surface area contributed by atoms with E-state index in [0.29, 0.717) is 5.02 Å². The molecule has 1 unspecified atom stereocenters. The zero-order valence-corrected chi connectivity index (χ0v) is 11.1. The number of pyridine rings is 1. The van der Waals surface area contributed by atoms with Crippen LogP contribution in [0.2, 0.25) is 5.02 Å². The van der Waals surface area contributed by atoms with Crippen LogP contribution in [-0.2, 0) is 6.54 Å². The van der Waals surface area contributed by atoms with Gasteiger partial charge < -0.3 is 0 Å². The normalized spacial score (nSPS) is 12.7. The fraction of sp³-hybridized carbons (Fsp3) is 0.333. The molecule has 0 saturated heterocycles. The molecule has 1 atom stereocenters. The lowest BCUT2D eigenvalue weighted by Crippen LogP contribution is -2.31. The van der Waals surface area contributed by atoms with Crippen molar-refractivity contribution in [3.8, 4) is 0 Å². The molecule has 2 aromatic heterocycles. The maximum Gasteiger partial charge on any atom is 0.106 e. The van der Waals surface area contributed by atoms with Crippen molar-refractivity contribution in [2.45, 2.75) is 26.4 Å². The van der Waals surface area contributed by atoms with Crippen molar-refractivity contribution in [3.63, 3.8) is 0 Å². The second-order valence-electron chi connectivity index (χ2n) is 4.00. The number of nitrogens with zero attached hydrogens (tertiary/aromatic N) is 3. The molecule has 5 nitrogen and oxygen atoms in total. The van der Waals surface area contributed by atoms with Gasteiger partial charge in [0, 0.05) is 12.2 Å². The van der Waals surface area contributed by atoms with Crippen LogP contribution in [0.1, 0.15) is 30.0 Å². The summed E-state index contributed by atoms with van der Waals surface area (Å²) in [6.07, 6.45) is 1.63. The number of rotatable bonds is 4. The van der Waals surface area contributed by atoms with E-state index in [1.54, 1.807) is 6.20 Å². The number of hydrogen-bond donors (Lipinski definition) is 2. The topological polar surface area (TPSA) is 68.8 Å². The van der Waals surface area contributed by atoms with Gasteiger partial charge in [0.15, 0.2) is 0 Å². The Bertz CT molecular complexity index is 537. The van der Waals surface area contributed by atoms with E-state index in [1.165, 1.54) is 0 Å². The Balaban J connectivity index is 2.48. The van der Waals surface area contributed by atoms with E-state index in [1.807, 2.05) is 36.7 Å². The molecule has 0 amide bonds. The molecule has 0 aromatic carbocycles. The lowest BCUT2D eigenvalue weighted by Gasteiger charge is -2.17. The average molecular weight is 266 g/mol. The molecule has 0 bridgehead atoms. The summed E-state index contributed by atoms with van der Waals surface area (Å²) in [6.45, 7) is 4.67. The second-order valence-corrected chi connectivity index (χ2v) is 4.40. The molecule has 0 spiro atoms. The van der Waals surface area contributed by atoms with Gasteiger partial charge in [-0.1, -0.05) is 17.7 Å². The van der Waals surface area contributed by atoms with Gasteiger partial charge in [-0.3, -0.25) is 15.5 Å². The monoisotopic (exact) mass is 265 g/mol. The van der Waals surface area contributed by atoms with Crippen molar-refractivity contribution >= 4 is 11.6 Å². The molecule has 0 aliphatic heterocycles. The number of aromatic nitrogens is 3. The Morgan fingerprint density at radius 2 is 2.28 bits per heavy atom. The maximum atomic E-state index is 6.18. The molecule has 6 heteroatoms. The van der Waals surface area contributed by atoms with Gasteiger partial charge >= 0.3 is 0 Å². The summed E-state index contributed by atoms with van der Waals surface area (Å²) in [5.74, 6) is 5.65. The fourth-order valence-corrected chi connectivity index (χ4v) is 2.19. The molecule has 0 aliphatic rings. The van der Waals surface area contributed by atoms with Crippen molar-refractivity contribution in [3.05, 3.63) is 46.5 Å². The van der Waals surface area contributed by atoms with Crippen LogP contribution in [0.15, 0.2) is 24.4 Å². The van der Waals surface area contributed by atoms with Crippen molar-refractivity contribution in [1.82, 2.24) is 20.2 Å². The molecule has 0 fully saturated rings. The Kier molecular flexibility index (Phi) is 3.96. The second kappa shape index (κ2) is 5.48. The highest BCUT2D eigenvalue weighted by molar-refractivity contribution is 6.31. The molecular weight excluding hydrogens is 250 g/mol. The van der Waals surface area contributed by atoms with Crippen molar-refractivity contribution < 1.29 is 0 Å². The first-order valence-electron chi connectivity index (χ1n) is 5.78. The molecule has 0 radical (unpaired) electrons. The molecule has 2 rings (SSSR count). The van der Waals surface area contributed by atoms with E-state index in [2.05, 4.69) is 15.5 Å². The number of hydrazine groups is 1. The number of halogens is 1. The Hall–Kier alpha value is -1.43. The molecular formula is C12H16ClN5. The lowest BCUT2D eigenvalue weighted by molar-refractivity contribution is 0.535. The SMILES string of the molecule is CCn1ncc(Cl)c1C(NN)c1cccc(C)n1. The summed E-state index contributed by atoms with van der Waals surface area (Å²) in [6, 6.07) is 5.54. The van der Waals surface area contributed by atoms with Gasteiger partial charge in [-0.05, 0) is 26.0 Å². The van der Waals surface area contributed by atoms with Crippen molar-refractivity contribution in [2.75, 3.05) is 0 Å². The minimum absolute atomic E-state index is 0.264. The summed E-state index contributed by atoms with van der Waals surface area (Å²) >= 11 is 6.18. The summed E-state index contributed by atoms with van der Waals surface area (Å²) in [5.41, 5.74) is 5.35. The standard InChI is InChI=1S/C12H16ClN5/c1-3-18-12(9(13)7-15-18)11(17-14)10-6-4-5-8(2)16-10/h4-7,11,17H,3,14H2,1-2H3. The molecule has 96 valence electrons. The third-order valence-electron chi connectivity index (χ3n) is 2.78. The van der Waals surface area contributed by atoms with Crippen LogP contribution in [0.3, 0.4) is 0 Å². The van der Waals surface area contributed by atoms with Gasteiger partial charge in [0.05, 0.1) is 22.6 Å². The van der Waals surface area contributed by atoms with Gasteiger partial charge in [-0.2, -0.15) is 5.10 Å². The minimum Gasteiger partial charge on any atom is -0.270 e. The van der Waals surface area contributed by atoms with E-state index < -0.39 is 0 Å². The third kappa shape index (κ3) is 2.38. The van der Waals surface area contributed by atoms with Crippen LogP contribution < -0.4 is 11.3 Å². The minimum atomic E-state index is -0.264. The fourth-order valence-electron chi connectivity index (χ4n) is 1.94. The van der Waals surface area contributed by atoms with Crippen LogP contribution in [0, 0.1) is 6.92 Å². The molecule has 0 aliphatic carbocycles. The zero-order chi connectivity index (χ0) is 13.1. The maximum absolute atomic E-state index is 6.18. The van der Waals surface area contributed by atoms with E-state index >= 15 is 0 Å². The molecule has 3 N–H and O–H groups in total. The highest BCUT2D eigenvalue weighted by Gasteiger charge is 2.21. The summed E-state index contributed by atoms with van der Waals surface area (Å²) in [7, 11) is 0. The summed E-state index contributed by atoms with van der Waals surface area (Å²) < 4.78 is 1.82. The van der Waals surface area contributed by atoms with Crippen LogP contribution in [0.25, 0.3) is 0 Å².